The normalized spacial score (nSPS) is 11.8. The Balaban J connectivity index is 2.71. The molecular weight excluding hydrogens is 232 g/mol. The van der Waals surface area contributed by atoms with E-state index in [9.17, 15) is 18.4 Å². The standard InChI is InChI=1S/C11H11F2NO3/c1-6(17-7(2)15)11(16)14-10-4-3-8(12)5-9(10)13/h3-6H,1-2H3,(H,14,16)/t6-/m1/s1. The smallest absolute Gasteiger partial charge is 0.303 e. The Hall–Kier alpha value is -1.98. The highest BCUT2D eigenvalue weighted by atomic mass is 19.1. The van der Waals surface area contributed by atoms with E-state index in [1.807, 2.05) is 0 Å². The fraction of sp³-hybridized carbons (Fsp3) is 0.273. The van der Waals surface area contributed by atoms with Crippen LogP contribution in [0.3, 0.4) is 0 Å². The molecule has 0 saturated heterocycles. The third-order valence-corrected chi connectivity index (χ3v) is 1.90. The molecule has 1 aromatic carbocycles. The van der Waals surface area contributed by atoms with Crippen molar-refractivity contribution in [3.63, 3.8) is 0 Å². The van der Waals surface area contributed by atoms with Crippen LogP contribution in [-0.4, -0.2) is 18.0 Å². The van der Waals surface area contributed by atoms with Gasteiger partial charge in [-0.25, -0.2) is 8.78 Å². The van der Waals surface area contributed by atoms with Crippen molar-refractivity contribution in [3.8, 4) is 0 Å². The van der Waals surface area contributed by atoms with Crippen molar-refractivity contribution in [2.24, 2.45) is 0 Å². The number of esters is 1. The number of hydrogen-bond donors (Lipinski definition) is 1. The summed E-state index contributed by atoms with van der Waals surface area (Å²) in [6, 6.07) is 2.74. The Bertz CT molecular complexity index is 448. The summed E-state index contributed by atoms with van der Waals surface area (Å²) >= 11 is 0. The summed E-state index contributed by atoms with van der Waals surface area (Å²) in [5, 5.41) is 2.18. The summed E-state index contributed by atoms with van der Waals surface area (Å²) in [4.78, 5) is 22.0. The number of benzene rings is 1. The first-order chi connectivity index (χ1) is 7.90. The molecule has 0 saturated carbocycles. The van der Waals surface area contributed by atoms with Gasteiger partial charge < -0.3 is 10.1 Å². The van der Waals surface area contributed by atoms with Crippen LogP contribution in [0.15, 0.2) is 18.2 Å². The lowest BCUT2D eigenvalue weighted by atomic mass is 10.2. The van der Waals surface area contributed by atoms with Gasteiger partial charge in [-0.1, -0.05) is 0 Å². The number of ether oxygens (including phenoxy) is 1. The van der Waals surface area contributed by atoms with Crippen LogP contribution < -0.4 is 5.32 Å². The molecule has 1 rings (SSSR count). The Morgan fingerprint density at radius 2 is 2.00 bits per heavy atom. The molecule has 1 amide bonds. The minimum Gasteiger partial charge on any atom is -0.453 e. The lowest BCUT2D eigenvalue weighted by Crippen LogP contribution is -2.29. The van der Waals surface area contributed by atoms with Crippen LogP contribution in [0.4, 0.5) is 14.5 Å². The number of halogens is 2. The zero-order valence-electron chi connectivity index (χ0n) is 9.29. The summed E-state index contributed by atoms with van der Waals surface area (Å²) in [7, 11) is 0. The molecule has 0 aromatic heterocycles. The van der Waals surface area contributed by atoms with E-state index in [-0.39, 0.29) is 5.69 Å². The SMILES string of the molecule is CC(=O)O[C@H](C)C(=O)Nc1ccc(F)cc1F. The van der Waals surface area contributed by atoms with Crippen molar-refractivity contribution in [3.05, 3.63) is 29.8 Å². The Morgan fingerprint density at radius 3 is 2.53 bits per heavy atom. The zero-order chi connectivity index (χ0) is 13.0. The Kier molecular flexibility index (Phi) is 4.14. The van der Waals surface area contributed by atoms with Gasteiger partial charge in [0.25, 0.3) is 5.91 Å². The van der Waals surface area contributed by atoms with Crippen LogP contribution in [0.25, 0.3) is 0 Å². The molecule has 1 atom stereocenters. The summed E-state index contributed by atoms with van der Waals surface area (Å²) < 4.78 is 30.4. The van der Waals surface area contributed by atoms with E-state index in [0.29, 0.717) is 6.07 Å². The van der Waals surface area contributed by atoms with E-state index in [1.165, 1.54) is 6.92 Å². The topological polar surface area (TPSA) is 55.4 Å². The number of anilines is 1. The molecular formula is C11H11F2NO3. The van der Waals surface area contributed by atoms with Gasteiger partial charge in [0, 0.05) is 13.0 Å². The zero-order valence-corrected chi connectivity index (χ0v) is 9.29. The highest BCUT2D eigenvalue weighted by Gasteiger charge is 2.17. The fourth-order valence-electron chi connectivity index (χ4n) is 1.13. The number of hydrogen-bond acceptors (Lipinski definition) is 3. The van der Waals surface area contributed by atoms with Gasteiger partial charge in [-0.15, -0.1) is 0 Å². The van der Waals surface area contributed by atoms with Crippen molar-refractivity contribution in [1.82, 2.24) is 0 Å². The average molecular weight is 243 g/mol. The predicted molar refractivity (Wildman–Crippen MR) is 56.2 cm³/mol. The summed E-state index contributed by atoms with van der Waals surface area (Å²) in [5.41, 5.74) is -0.171. The van der Waals surface area contributed by atoms with E-state index in [1.54, 1.807) is 0 Å². The van der Waals surface area contributed by atoms with Gasteiger partial charge in [-0.05, 0) is 19.1 Å². The Morgan fingerprint density at radius 1 is 1.35 bits per heavy atom. The molecule has 0 unspecified atom stereocenters. The molecule has 4 nitrogen and oxygen atoms in total. The number of nitrogens with one attached hydrogen (secondary N) is 1. The van der Waals surface area contributed by atoms with Gasteiger partial charge in [-0.2, -0.15) is 0 Å². The quantitative estimate of drug-likeness (QED) is 0.824. The summed E-state index contributed by atoms with van der Waals surface area (Å²) in [5.74, 6) is -2.94. The van der Waals surface area contributed by atoms with Gasteiger partial charge in [0.05, 0.1) is 5.69 Å². The number of rotatable bonds is 3. The number of carbonyl (C=O) groups excluding carboxylic acids is 2. The van der Waals surface area contributed by atoms with Crippen LogP contribution in [-0.2, 0) is 14.3 Å². The van der Waals surface area contributed by atoms with Gasteiger partial charge in [-0.3, -0.25) is 9.59 Å². The maximum atomic E-state index is 13.2. The Labute approximate surface area is 96.6 Å². The molecule has 6 heteroatoms. The predicted octanol–water partition coefficient (Wildman–Crippen LogP) is 1.85. The van der Waals surface area contributed by atoms with Crippen molar-refractivity contribution in [2.45, 2.75) is 20.0 Å². The maximum absolute atomic E-state index is 13.2. The third kappa shape index (κ3) is 3.82. The molecule has 1 N–H and O–H groups in total. The largest absolute Gasteiger partial charge is 0.453 e. The molecule has 0 aliphatic carbocycles. The molecule has 0 spiro atoms. The molecule has 0 fully saturated rings. The van der Waals surface area contributed by atoms with Crippen molar-refractivity contribution in [2.75, 3.05) is 5.32 Å². The summed E-state index contributed by atoms with van der Waals surface area (Å²) in [6.45, 7) is 2.50. The second kappa shape index (κ2) is 5.38. The second-order valence-electron chi connectivity index (χ2n) is 3.37. The summed E-state index contributed by atoms with van der Waals surface area (Å²) in [6.07, 6.45) is -1.04. The van der Waals surface area contributed by atoms with E-state index in [4.69, 9.17) is 0 Å². The monoisotopic (exact) mass is 243 g/mol. The van der Waals surface area contributed by atoms with Gasteiger partial charge >= 0.3 is 5.97 Å². The minimum atomic E-state index is -1.04. The van der Waals surface area contributed by atoms with E-state index in [2.05, 4.69) is 10.1 Å². The van der Waals surface area contributed by atoms with E-state index >= 15 is 0 Å². The molecule has 0 heterocycles. The number of amides is 1. The lowest BCUT2D eigenvalue weighted by molar-refractivity contribution is -0.150. The minimum absolute atomic E-state index is 0.171. The van der Waals surface area contributed by atoms with E-state index < -0.39 is 29.6 Å². The van der Waals surface area contributed by atoms with Crippen LogP contribution >= 0.6 is 0 Å². The van der Waals surface area contributed by atoms with Crippen LogP contribution in [0.1, 0.15) is 13.8 Å². The highest BCUT2D eigenvalue weighted by Crippen LogP contribution is 2.15. The lowest BCUT2D eigenvalue weighted by Gasteiger charge is -2.12. The van der Waals surface area contributed by atoms with Gasteiger partial charge in [0.15, 0.2) is 6.10 Å². The van der Waals surface area contributed by atoms with E-state index in [0.717, 1.165) is 19.1 Å². The van der Waals surface area contributed by atoms with Crippen LogP contribution in [0, 0.1) is 11.6 Å². The van der Waals surface area contributed by atoms with Crippen molar-refractivity contribution < 1.29 is 23.1 Å². The fourth-order valence-corrected chi connectivity index (χ4v) is 1.13. The highest BCUT2D eigenvalue weighted by molar-refractivity contribution is 5.95. The first kappa shape index (κ1) is 13.1. The molecule has 92 valence electrons. The number of carbonyl (C=O) groups is 2. The maximum Gasteiger partial charge on any atom is 0.303 e. The molecule has 0 bridgehead atoms. The van der Waals surface area contributed by atoms with Gasteiger partial charge in [0.2, 0.25) is 0 Å². The van der Waals surface area contributed by atoms with Gasteiger partial charge in [0.1, 0.15) is 11.6 Å². The first-order valence-corrected chi connectivity index (χ1v) is 4.83. The van der Waals surface area contributed by atoms with Crippen LogP contribution in [0.5, 0.6) is 0 Å². The molecule has 1 aromatic rings. The molecule has 17 heavy (non-hydrogen) atoms. The first-order valence-electron chi connectivity index (χ1n) is 4.83. The molecule has 0 aliphatic heterocycles. The van der Waals surface area contributed by atoms with Crippen molar-refractivity contribution >= 4 is 17.6 Å². The third-order valence-electron chi connectivity index (χ3n) is 1.90. The second-order valence-corrected chi connectivity index (χ2v) is 3.37. The molecule has 0 radical (unpaired) electrons. The van der Waals surface area contributed by atoms with Crippen molar-refractivity contribution in [1.29, 1.82) is 0 Å². The van der Waals surface area contributed by atoms with Crippen LogP contribution in [0.2, 0.25) is 0 Å². The molecule has 0 aliphatic rings. The average Bonchev–Trinajstić information content (AvgIpc) is 2.21.